The molecule has 0 unspecified atom stereocenters. The molecule has 0 saturated carbocycles. The fourth-order valence-corrected chi connectivity index (χ4v) is 1.54. The van der Waals surface area contributed by atoms with Crippen molar-refractivity contribution >= 4 is 12.2 Å². The van der Waals surface area contributed by atoms with Gasteiger partial charge in [-0.15, -0.1) is 5.73 Å². The average molecular weight is 206 g/mol. The van der Waals surface area contributed by atoms with Crippen molar-refractivity contribution < 1.29 is 0 Å². The number of aryl methyl sites for hydroxylation is 1. The smallest absolute Gasteiger partial charge is 0.0127 e. The molecule has 78 valence electrons. The molecule has 2 aromatic rings. The Kier molecular flexibility index (Phi) is 3.38. The van der Waals surface area contributed by atoms with Gasteiger partial charge in [-0.05, 0) is 30.2 Å². The summed E-state index contributed by atoms with van der Waals surface area (Å²) in [5, 5.41) is 0. The van der Waals surface area contributed by atoms with E-state index in [0.717, 1.165) is 0 Å². The summed E-state index contributed by atoms with van der Waals surface area (Å²) in [6.07, 6.45) is 3.99. The van der Waals surface area contributed by atoms with Crippen LogP contribution in [-0.2, 0) is 0 Å². The molecule has 0 bridgehead atoms. The molecule has 0 nitrogen and oxygen atoms in total. The van der Waals surface area contributed by atoms with Crippen LogP contribution < -0.4 is 0 Å². The van der Waals surface area contributed by atoms with E-state index >= 15 is 0 Å². The summed E-state index contributed by atoms with van der Waals surface area (Å²) in [6.45, 7) is 2.10. The van der Waals surface area contributed by atoms with Gasteiger partial charge in [-0.1, -0.05) is 60.2 Å². The van der Waals surface area contributed by atoms with Gasteiger partial charge >= 0.3 is 0 Å². The first-order chi connectivity index (χ1) is 7.84. The fraction of sp³-hybridized carbons (Fsp3) is 0.0625. The standard InChI is InChI=1S/C16H14/c1-14-7-5-11-16(13-14)12-6-10-15-8-3-2-4-9-15/h2-5,7-13H,1H3. The summed E-state index contributed by atoms with van der Waals surface area (Å²) in [5.41, 5.74) is 6.83. The minimum Gasteiger partial charge on any atom is -0.120 e. The molecular weight excluding hydrogens is 192 g/mol. The highest BCUT2D eigenvalue weighted by atomic mass is 13.9. The van der Waals surface area contributed by atoms with Crippen LogP contribution in [0.3, 0.4) is 0 Å². The predicted molar refractivity (Wildman–Crippen MR) is 70.1 cm³/mol. The third-order valence-corrected chi connectivity index (χ3v) is 2.34. The van der Waals surface area contributed by atoms with Gasteiger partial charge < -0.3 is 0 Å². The van der Waals surface area contributed by atoms with E-state index in [9.17, 15) is 0 Å². The molecule has 0 spiro atoms. The largest absolute Gasteiger partial charge is 0.120 e. The minimum atomic E-state index is 1.17. The van der Waals surface area contributed by atoms with Crippen LogP contribution in [0.4, 0.5) is 0 Å². The highest BCUT2D eigenvalue weighted by molar-refractivity contribution is 5.57. The summed E-state index contributed by atoms with van der Waals surface area (Å²) in [7, 11) is 0. The van der Waals surface area contributed by atoms with E-state index in [2.05, 4.69) is 49.1 Å². The Morgan fingerprint density at radius 1 is 0.812 bits per heavy atom. The maximum Gasteiger partial charge on any atom is -0.0127 e. The Bertz CT molecular complexity index is 515. The van der Waals surface area contributed by atoms with E-state index in [4.69, 9.17) is 0 Å². The van der Waals surface area contributed by atoms with Crippen LogP contribution in [0.5, 0.6) is 0 Å². The van der Waals surface area contributed by atoms with Gasteiger partial charge in [0.15, 0.2) is 0 Å². The molecule has 0 aliphatic heterocycles. The Balaban J connectivity index is 2.19. The second-order valence-electron chi connectivity index (χ2n) is 3.78. The van der Waals surface area contributed by atoms with Gasteiger partial charge in [0, 0.05) is 0 Å². The number of hydrogen-bond acceptors (Lipinski definition) is 0. The maximum absolute atomic E-state index is 3.20. The summed E-state index contributed by atoms with van der Waals surface area (Å²) < 4.78 is 0. The van der Waals surface area contributed by atoms with Crippen LogP contribution in [0.15, 0.2) is 60.3 Å². The maximum atomic E-state index is 3.20. The highest BCUT2D eigenvalue weighted by Gasteiger charge is 1.85. The lowest BCUT2D eigenvalue weighted by Crippen LogP contribution is -1.73. The Labute approximate surface area is 96.6 Å². The minimum absolute atomic E-state index is 1.17. The van der Waals surface area contributed by atoms with Crippen LogP contribution in [0.2, 0.25) is 0 Å². The number of rotatable bonds is 2. The Morgan fingerprint density at radius 2 is 1.50 bits per heavy atom. The fourth-order valence-electron chi connectivity index (χ4n) is 1.54. The van der Waals surface area contributed by atoms with Crippen molar-refractivity contribution in [3.8, 4) is 0 Å². The molecule has 0 radical (unpaired) electrons. The quantitative estimate of drug-likeness (QED) is 0.642. The molecule has 0 aliphatic rings. The highest BCUT2D eigenvalue weighted by Crippen LogP contribution is 2.06. The van der Waals surface area contributed by atoms with E-state index < -0.39 is 0 Å². The van der Waals surface area contributed by atoms with Crippen molar-refractivity contribution in [1.29, 1.82) is 0 Å². The van der Waals surface area contributed by atoms with Crippen LogP contribution in [0.1, 0.15) is 16.7 Å². The number of benzene rings is 2. The molecule has 0 aliphatic carbocycles. The lowest BCUT2D eigenvalue weighted by molar-refractivity contribution is 1.46. The van der Waals surface area contributed by atoms with Crippen molar-refractivity contribution in [3.63, 3.8) is 0 Å². The molecule has 0 fully saturated rings. The normalized spacial score (nSPS) is 9.31. The van der Waals surface area contributed by atoms with Gasteiger partial charge in [-0.3, -0.25) is 0 Å². The van der Waals surface area contributed by atoms with Crippen molar-refractivity contribution in [1.82, 2.24) is 0 Å². The zero-order valence-electron chi connectivity index (χ0n) is 9.35. The van der Waals surface area contributed by atoms with Crippen LogP contribution in [-0.4, -0.2) is 0 Å². The SMILES string of the molecule is Cc1cccc(C=C=Cc2ccccc2)c1. The third kappa shape index (κ3) is 2.98. The van der Waals surface area contributed by atoms with E-state index in [1.165, 1.54) is 16.7 Å². The molecule has 0 atom stereocenters. The first-order valence-corrected chi connectivity index (χ1v) is 5.39. The number of hydrogen-bond donors (Lipinski definition) is 0. The molecular formula is C16H14. The topological polar surface area (TPSA) is 0 Å². The first kappa shape index (κ1) is 10.5. The molecule has 0 aromatic heterocycles. The Morgan fingerprint density at radius 3 is 2.25 bits per heavy atom. The first-order valence-electron chi connectivity index (χ1n) is 5.39. The molecule has 0 amide bonds. The lowest BCUT2D eigenvalue weighted by atomic mass is 10.1. The summed E-state index contributed by atoms with van der Waals surface area (Å²) >= 11 is 0. The van der Waals surface area contributed by atoms with E-state index in [1.807, 2.05) is 30.4 Å². The molecule has 0 heterocycles. The van der Waals surface area contributed by atoms with E-state index in [-0.39, 0.29) is 0 Å². The zero-order valence-corrected chi connectivity index (χ0v) is 9.35. The zero-order chi connectivity index (χ0) is 11.2. The molecule has 2 aromatic carbocycles. The molecule has 16 heavy (non-hydrogen) atoms. The lowest BCUT2D eigenvalue weighted by Gasteiger charge is -1.93. The van der Waals surface area contributed by atoms with Gasteiger partial charge in [0.25, 0.3) is 0 Å². The van der Waals surface area contributed by atoms with Crippen LogP contribution in [0.25, 0.3) is 12.2 Å². The summed E-state index contributed by atoms with van der Waals surface area (Å²) in [5.74, 6) is 0. The monoisotopic (exact) mass is 206 g/mol. The van der Waals surface area contributed by atoms with Gasteiger partial charge in [-0.2, -0.15) is 0 Å². The van der Waals surface area contributed by atoms with Crippen LogP contribution >= 0.6 is 0 Å². The van der Waals surface area contributed by atoms with Gasteiger partial charge in [0.1, 0.15) is 0 Å². The Hall–Kier alpha value is -2.04. The van der Waals surface area contributed by atoms with Gasteiger partial charge in [0.05, 0.1) is 0 Å². The van der Waals surface area contributed by atoms with E-state index in [1.54, 1.807) is 0 Å². The molecule has 0 heteroatoms. The molecule has 2 rings (SSSR count). The van der Waals surface area contributed by atoms with Crippen molar-refractivity contribution in [2.75, 3.05) is 0 Å². The molecule has 0 N–H and O–H groups in total. The average Bonchev–Trinajstić information content (AvgIpc) is 2.30. The summed E-state index contributed by atoms with van der Waals surface area (Å²) in [6, 6.07) is 18.6. The van der Waals surface area contributed by atoms with Crippen molar-refractivity contribution in [2.24, 2.45) is 0 Å². The van der Waals surface area contributed by atoms with Gasteiger partial charge in [0.2, 0.25) is 0 Å². The van der Waals surface area contributed by atoms with Crippen LogP contribution in [0, 0.1) is 6.92 Å². The second kappa shape index (κ2) is 5.16. The molecule has 0 saturated heterocycles. The van der Waals surface area contributed by atoms with Gasteiger partial charge in [-0.25, -0.2) is 0 Å². The predicted octanol–water partition coefficient (Wildman–Crippen LogP) is 4.32. The second-order valence-corrected chi connectivity index (χ2v) is 3.78. The van der Waals surface area contributed by atoms with Crippen molar-refractivity contribution in [3.05, 3.63) is 77.0 Å². The van der Waals surface area contributed by atoms with E-state index in [0.29, 0.717) is 0 Å². The third-order valence-electron chi connectivity index (χ3n) is 2.34. The summed E-state index contributed by atoms with van der Waals surface area (Å²) in [4.78, 5) is 0. The van der Waals surface area contributed by atoms with Crippen molar-refractivity contribution in [2.45, 2.75) is 6.92 Å².